The van der Waals surface area contributed by atoms with Crippen molar-refractivity contribution in [3.63, 3.8) is 0 Å². The minimum absolute atomic E-state index is 0.00543. The van der Waals surface area contributed by atoms with E-state index in [1.807, 2.05) is 36.0 Å². The highest BCUT2D eigenvalue weighted by atomic mass is 16.3. The maximum atomic E-state index is 10.8. The lowest BCUT2D eigenvalue weighted by Crippen LogP contribution is -2.05. The monoisotopic (exact) mass is 383 g/mol. The molecule has 29 heavy (non-hydrogen) atoms. The van der Waals surface area contributed by atoms with Gasteiger partial charge in [0.1, 0.15) is 0 Å². The molecule has 3 N–H and O–H groups in total. The lowest BCUT2D eigenvalue weighted by molar-refractivity contribution is 0.426. The summed E-state index contributed by atoms with van der Waals surface area (Å²) in [5.41, 5.74) is 6.80. The molecule has 0 aliphatic carbocycles. The van der Waals surface area contributed by atoms with Gasteiger partial charge in [0.2, 0.25) is 0 Å². The molecule has 0 bridgehead atoms. The summed E-state index contributed by atoms with van der Waals surface area (Å²) in [6.45, 7) is 0.967. The summed E-state index contributed by atoms with van der Waals surface area (Å²) < 4.78 is 4.33. The zero-order chi connectivity index (χ0) is 19.7. The molecule has 144 valence electrons. The molecule has 6 rings (SSSR count). The number of aromatic nitrogens is 3. The van der Waals surface area contributed by atoms with Crippen LogP contribution in [0.15, 0.2) is 54.9 Å². The third-order valence-corrected chi connectivity index (χ3v) is 6.22. The highest BCUT2D eigenvalue weighted by molar-refractivity contribution is 6.08. The predicted octanol–water partition coefficient (Wildman–Crippen LogP) is 5.15. The molecule has 0 atom stereocenters. The van der Waals surface area contributed by atoms with E-state index in [0.717, 1.165) is 46.8 Å². The number of aryl methyl sites for hydroxylation is 3. The molecule has 1 aliphatic rings. The van der Waals surface area contributed by atoms with Gasteiger partial charge in [-0.15, -0.1) is 0 Å². The van der Waals surface area contributed by atoms with Crippen molar-refractivity contribution in [1.82, 2.24) is 14.1 Å². The topological polar surface area (TPSA) is 66.1 Å². The van der Waals surface area contributed by atoms with Gasteiger partial charge in [0.05, 0.1) is 16.6 Å². The second kappa shape index (κ2) is 5.70. The molecule has 0 saturated carbocycles. The number of hydrogen-bond acceptors (Lipinski definition) is 2. The van der Waals surface area contributed by atoms with Crippen LogP contribution < -0.4 is 0 Å². The lowest BCUT2D eigenvalue weighted by atomic mass is 9.96. The second-order valence-corrected chi connectivity index (χ2v) is 7.90. The Morgan fingerprint density at radius 1 is 0.862 bits per heavy atom. The van der Waals surface area contributed by atoms with Crippen LogP contribution in [-0.4, -0.2) is 24.3 Å². The summed E-state index contributed by atoms with van der Waals surface area (Å²) in [6, 6.07) is 14.5. The quantitative estimate of drug-likeness (QED) is 0.394. The SMILES string of the molecule is Cn1cc(-c2c(O)[nH]c(O)c2-c2cn3c4c(cccc24)CCC3)c2ccccc21. The molecular formula is C24H21N3O2. The van der Waals surface area contributed by atoms with Crippen LogP contribution in [0.1, 0.15) is 12.0 Å². The number of aromatic hydroxyl groups is 2. The third kappa shape index (κ3) is 2.15. The second-order valence-electron chi connectivity index (χ2n) is 7.90. The zero-order valence-electron chi connectivity index (χ0n) is 16.1. The molecule has 0 radical (unpaired) electrons. The van der Waals surface area contributed by atoms with Crippen molar-refractivity contribution in [2.75, 3.05) is 0 Å². The van der Waals surface area contributed by atoms with Gasteiger partial charge >= 0.3 is 0 Å². The van der Waals surface area contributed by atoms with Crippen molar-refractivity contribution in [1.29, 1.82) is 0 Å². The van der Waals surface area contributed by atoms with E-state index in [1.54, 1.807) is 0 Å². The number of nitrogens with one attached hydrogen (secondary N) is 1. The Bertz CT molecular complexity index is 1420. The average molecular weight is 383 g/mol. The Morgan fingerprint density at radius 2 is 1.59 bits per heavy atom. The van der Waals surface area contributed by atoms with Crippen LogP contribution in [-0.2, 0) is 20.0 Å². The molecule has 0 spiro atoms. The first-order chi connectivity index (χ1) is 14.1. The van der Waals surface area contributed by atoms with E-state index in [9.17, 15) is 10.2 Å². The number of hydrogen-bond donors (Lipinski definition) is 3. The van der Waals surface area contributed by atoms with Gasteiger partial charge in [-0.25, -0.2) is 0 Å². The number of fused-ring (bicyclic) bond motifs is 1. The van der Waals surface area contributed by atoms with Gasteiger partial charge in [0.25, 0.3) is 0 Å². The molecule has 5 aromatic rings. The molecule has 5 nitrogen and oxygen atoms in total. The Morgan fingerprint density at radius 3 is 2.41 bits per heavy atom. The normalized spacial score (nSPS) is 13.6. The number of aromatic amines is 1. The minimum atomic E-state index is -0.0132. The van der Waals surface area contributed by atoms with Gasteiger partial charge in [0, 0.05) is 53.4 Å². The third-order valence-electron chi connectivity index (χ3n) is 6.22. The largest absolute Gasteiger partial charge is 0.494 e. The first-order valence-electron chi connectivity index (χ1n) is 9.93. The molecule has 3 aromatic heterocycles. The summed E-state index contributed by atoms with van der Waals surface area (Å²) in [6.07, 6.45) is 6.31. The Hall–Kier alpha value is -3.60. The molecule has 0 amide bonds. The predicted molar refractivity (Wildman–Crippen MR) is 115 cm³/mol. The van der Waals surface area contributed by atoms with E-state index in [0.29, 0.717) is 11.1 Å². The van der Waals surface area contributed by atoms with Gasteiger partial charge in [0.15, 0.2) is 11.8 Å². The van der Waals surface area contributed by atoms with Crippen LogP contribution in [0.2, 0.25) is 0 Å². The highest BCUT2D eigenvalue weighted by Gasteiger charge is 2.26. The minimum Gasteiger partial charge on any atom is -0.494 e. The van der Waals surface area contributed by atoms with Gasteiger partial charge < -0.3 is 19.3 Å². The van der Waals surface area contributed by atoms with Gasteiger partial charge in [-0.1, -0.05) is 36.4 Å². The van der Waals surface area contributed by atoms with Crippen molar-refractivity contribution < 1.29 is 10.2 Å². The van der Waals surface area contributed by atoms with E-state index in [2.05, 4.69) is 40.0 Å². The van der Waals surface area contributed by atoms with Crippen LogP contribution >= 0.6 is 0 Å². The number of nitrogens with zero attached hydrogens (tertiary/aromatic N) is 2. The first kappa shape index (κ1) is 16.4. The van der Waals surface area contributed by atoms with Gasteiger partial charge in [-0.3, -0.25) is 4.98 Å². The van der Waals surface area contributed by atoms with Gasteiger partial charge in [-0.2, -0.15) is 0 Å². The van der Waals surface area contributed by atoms with E-state index in [1.165, 1.54) is 11.1 Å². The Kier molecular flexibility index (Phi) is 3.22. The fourth-order valence-corrected chi connectivity index (χ4v) is 4.99. The van der Waals surface area contributed by atoms with E-state index >= 15 is 0 Å². The van der Waals surface area contributed by atoms with Crippen molar-refractivity contribution in [3.8, 4) is 34.0 Å². The summed E-state index contributed by atoms with van der Waals surface area (Å²) >= 11 is 0. The lowest BCUT2D eigenvalue weighted by Gasteiger charge is -2.14. The van der Waals surface area contributed by atoms with E-state index in [4.69, 9.17) is 0 Å². The first-order valence-corrected chi connectivity index (χ1v) is 9.93. The summed E-state index contributed by atoms with van der Waals surface area (Å²) in [4.78, 5) is 2.76. The molecule has 0 saturated heterocycles. The number of rotatable bonds is 2. The summed E-state index contributed by atoms with van der Waals surface area (Å²) in [5.74, 6) is -0.0186. The smallest absolute Gasteiger partial charge is 0.200 e. The van der Waals surface area contributed by atoms with Crippen LogP contribution in [0.3, 0.4) is 0 Å². The fraction of sp³-hybridized carbons (Fsp3) is 0.167. The summed E-state index contributed by atoms with van der Waals surface area (Å²) in [7, 11) is 2.00. The molecule has 1 aliphatic heterocycles. The van der Waals surface area contributed by atoms with Gasteiger partial charge in [-0.05, 0) is 24.5 Å². The number of H-pyrrole nitrogens is 1. The van der Waals surface area contributed by atoms with Crippen LogP contribution in [0.4, 0.5) is 0 Å². The van der Waals surface area contributed by atoms with E-state index < -0.39 is 0 Å². The van der Waals surface area contributed by atoms with Crippen molar-refractivity contribution >= 4 is 21.8 Å². The number of benzene rings is 2. The Balaban J connectivity index is 1.70. The maximum Gasteiger partial charge on any atom is 0.200 e. The zero-order valence-corrected chi connectivity index (χ0v) is 16.1. The van der Waals surface area contributed by atoms with Crippen molar-refractivity contribution in [2.45, 2.75) is 19.4 Å². The van der Waals surface area contributed by atoms with Crippen molar-refractivity contribution in [2.24, 2.45) is 7.05 Å². The van der Waals surface area contributed by atoms with E-state index in [-0.39, 0.29) is 11.8 Å². The van der Waals surface area contributed by atoms with Crippen LogP contribution in [0.5, 0.6) is 11.8 Å². The van der Waals surface area contributed by atoms with Crippen LogP contribution in [0.25, 0.3) is 44.1 Å². The maximum absolute atomic E-state index is 10.8. The molecule has 0 unspecified atom stereocenters. The fourth-order valence-electron chi connectivity index (χ4n) is 4.99. The molecule has 0 fully saturated rings. The van der Waals surface area contributed by atoms with Crippen LogP contribution in [0, 0.1) is 0 Å². The molecule has 5 heteroatoms. The molecular weight excluding hydrogens is 362 g/mol. The Labute approximate surface area is 167 Å². The van der Waals surface area contributed by atoms with Crippen molar-refractivity contribution in [3.05, 3.63) is 60.4 Å². The number of para-hydroxylation sites is 2. The molecule has 4 heterocycles. The highest BCUT2D eigenvalue weighted by Crippen LogP contribution is 2.49. The molecule has 2 aromatic carbocycles. The summed E-state index contributed by atoms with van der Waals surface area (Å²) in [5, 5.41) is 23.7. The average Bonchev–Trinajstić information content (AvgIpc) is 3.35. The standard InChI is InChI=1S/C24H21N3O2/c1-26-12-17(15-8-2-3-10-19(15)26)20-21(24(29)25-23(20)28)18-13-27-11-5-7-14-6-4-9-16(18)22(14)27/h2-4,6,8-10,12-13,25,28-29H,5,7,11H2,1H3.